The lowest BCUT2D eigenvalue weighted by Gasteiger charge is -2.31. The highest BCUT2D eigenvalue weighted by atomic mass is 16.5. The quantitative estimate of drug-likeness (QED) is 0.603. The largest absolute Gasteiger partial charge is 0.496 e. The minimum absolute atomic E-state index is 0.0690. The first kappa shape index (κ1) is 21.4. The number of fused-ring (bicyclic) bond motifs is 3. The Morgan fingerprint density at radius 2 is 1.91 bits per heavy atom. The van der Waals surface area contributed by atoms with E-state index in [0.29, 0.717) is 48.3 Å². The van der Waals surface area contributed by atoms with E-state index in [1.165, 1.54) is 0 Å². The van der Waals surface area contributed by atoms with Gasteiger partial charge in [-0.3, -0.25) is 9.59 Å². The number of amides is 2. The Morgan fingerprint density at radius 3 is 2.69 bits per heavy atom. The maximum atomic E-state index is 12.4. The minimum atomic E-state index is 0.0690. The van der Waals surface area contributed by atoms with Gasteiger partial charge in [-0.2, -0.15) is 0 Å². The van der Waals surface area contributed by atoms with Crippen molar-refractivity contribution in [3.05, 3.63) is 48.8 Å². The van der Waals surface area contributed by atoms with Gasteiger partial charge in [0.1, 0.15) is 23.9 Å². The van der Waals surface area contributed by atoms with Crippen LogP contribution in [0.1, 0.15) is 25.7 Å². The molecule has 3 aliphatic rings. The highest BCUT2D eigenvalue weighted by molar-refractivity contribution is 5.98. The van der Waals surface area contributed by atoms with Gasteiger partial charge < -0.3 is 24.6 Å². The highest BCUT2D eigenvalue weighted by Gasteiger charge is 2.38. The SMILES string of the molecule is COc1cc(Nc2cnc3c(c2)N2C(=O)CC[C@H]2CO3)ncc1-c1ccc(N2CCCC2=O)cc1. The number of anilines is 4. The van der Waals surface area contributed by atoms with Crippen LogP contribution in [0, 0.1) is 0 Å². The van der Waals surface area contributed by atoms with Crippen molar-refractivity contribution in [2.45, 2.75) is 31.7 Å². The third kappa shape index (κ3) is 3.82. The second-order valence-corrected chi connectivity index (χ2v) is 8.91. The molecule has 1 aromatic carbocycles. The lowest BCUT2D eigenvalue weighted by atomic mass is 10.1. The molecule has 2 aromatic heterocycles. The molecule has 1 atom stereocenters. The molecule has 0 radical (unpaired) electrons. The highest BCUT2D eigenvalue weighted by Crippen LogP contribution is 2.39. The van der Waals surface area contributed by atoms with Crippen LogP contribution in [0.3, 0.4) is 0 Å². The van der Waals surface area contributed by atoms with Gasteiger partial charge in [0.2, 0.25) is 17.7 Å². The number of nitrogens with one attached hydrogen (secondary N) is 1. The van der Waals surface area contributed by atoms with E-state index in [1.807, 2.05) is 41.3 Å². The molecule has 2 fully saturated rings. The normalized spacial score (nSPS) is 18.8. The van der Waals surface area contributed by atoms with Gasteiger partial charge in [0.25, 0.3) is 0 Å². The van der Waals surface area contributed by atoms with Gasteiger partial charge in [0.15, 0.2) is 0 Å². The van der Waals surface area contributed by atoms with Gasteiger partial charge in [0, 0.05) is 42.9 Å². The summed E-state index contributed by atoms with van der Waals surface area (Å²) in [6.45, 7) is 1.24. The van der Waals surface area contributed by atoms with E-state index in [0.717, 1.165) is 36.2 Å². The van der Waals surface area contributed by atoms with Crippen molar-refractivity contribution in [3.8, 4) is 22.8 Å². The summed E-state index contributed by atoms with van der Waals surface area (Å²) < 4.78 is 11.4. The van der Waals surface area contributed by atoms with Gasteiger partial charge in [-0.05, 0) is 36.6 Å². The van der Waals surface area contributed by atoms with Gasteiger partial charge in [-0.15, -0.1) is 0 Å². The number of ether oxygens (including phenoxy) is 2. The van der Waals surface area contributed by atoms with Crippen LogP contribution < -0.4 is 24.6 Å². The van der Waals surface area contributed by atoms with Crippen LogP contribution in [0.15, 0.2) is 48.8 Å². The second kappa shape index (κ2) is 8.57. The van der Waals surface area contributed by atoms with Crippen LogP contribution in [0.2, 0.25) is 0 Å². The van der Waals surface area contributed by atoms with E-state index < -0.39 is 0 Å². The Morgan fingerprint density at radius 1 is 1.06 bits per heavy atom. The summed E-state index contributed by atoms with van der Waals surface area (Å²) in [7, 11) is 1.62. The molecule has 2 saturated heterocycles. The zero-order chi connectivity index (χ0) is 23.9. The fourth-order valence-electron chi connectivity index (χ4n) is 4.98. The van der Waals surface area contributed by atoms with Gasteiger partial charge in [0.05, 0.1) is 25.0 Å². The molecule has 0 bridgehead atoms. The zero-order valence-corrected chi connectivity index (χ0v) is 19.4. The van der Waals surface area contributed by atoms with E-state index in [9.17, 15) is 9.59 Å². The number of rotatable bonds is 5. The Hall–Kier alpha value is -4.14. The summed E-state index contributed by atoms with van der Waals surface area (Å²) in [5, 5.41) is 3.26. The van der Waals surface area contributed by atoms with E-state index >= 15 is 0 Å². The van der Waals surface area contributed by atoms with Gasteiger partial charge in [-0.25, -0.2) is 9.97 Å². The van der Waals surface area contributed by atoms with Crippen LogP contribution in [0.5, 0.6) is 11.6 Å². The molecular weight excluding hydrogens is 446 g/mol. The van der Waals surface area contributed by atoms with Crippen LogP contribution in [0.4, 0.5) is 22.9 Å². The molecule has 5 heterocycles. The Bertz CT molecular complexity index is 1310. The zero-order valence-electron chi connectivity index (χ0n) is 19.4. The molecule has 0 unspecified atom stereocenters. The van der Waals surface area contributed by atoms with Crippen LogP contribution in [-0.4, -0.2) is 48.1 Å². The molecule has 6 rings (SSSR count). The Labute approximate surface area is 202 Å². The molecule has 0 aliphatic carbocycles. The summed E-state index contributed by atoms with van der Waals surface area (Å²) in [5.74, 6) is 1.99. The minimum Gasteiger partial charge on any atom is -0.496 e. The molecule has 3 aliphatic heterocycles. The summed E-state index contributed by atoms with van der Waals surface area (Å²) in [6, 6.07) is 11.6. The monoisotopic (exact) mass is 471 g/mol. The fraction of sp³-hybridized carbons (Fsp3) is 0.308. The van der Waals surface area contributed by atoms with E-state index in [4.69, 9.17) is 9.47 Å². The predicted octanol–water partition coefficient (Wildman–Crippen LogP) is 3.91. The maximum absolute atomic E-state index is 12.4. The maximum Gasteiger partial charge on any atom is 0.238 e. The molecule has 3 aromatic rings. The van der Waals surface area contributed by atoms with Gasteiger partial charge >= 0.3 is 0 Å². The van der Waals surface area contributed by atoms with Crippen molar-refractivity contribution in [1.29, 1.82) is 0 Å². The average Bonchev–Trinajstić information content (AvgIpc) is 3.49. The summed E-state index contributed by atoms with van der Waals surface area (Å²) in [5.41, 5.74) is 4.09. The third-order valence-electron chi connectivity index (χ3n) is 6.75. The molecular formula is C26H25N5O4. The first-order valence-electron chi connectivity index (χ1n) is 11.8. The molecule has 9 heteroatoms. The molecule has 0 saturated carbocycles. The van der Waals surface area contributed by atoms with Crippen LogP contribution in [-0.2, 0) is 9.59 Å². The topological polar surface area (TPSA) is 96.9 Å². The second-order valence-electron chi connectivity index (χ2n) is 8.91. The van der Waals surface area contributed by atoms with Crippen molar-refractivity contribution in [2.24, 2.45) is 0 Å². The number of pyridine rings is 2. The lowest BCUT2D eigenvalue weighted by Crippen LogP contribution is -2.40. The number of carbonyl (C=O) groups excluding carboxylic acids is 2. The molecule has 1 N–H and O–H groups in total. The molecule has 35 heavy (non-hydrogen) atoms. The van der Waals surface area contributed by atoms with Crippen molar-refractivity contribution in [2.75, 3.05) is 35.4 Å². The molecule has 2 amide bonds. The Balaban J connectivity index is 1.24. The number of aromatic nitrogens is 2. The van der Waals surface area contributed by atoms with Crippen molar-refractivity contribution < 1.29 is 19.1 Å². The number of carbonyl (C=O) groups is 2. The summed E-state index contributed by atoms with van der Waals surface area (Å²) in [6.07, 6.45) is 6.25. The van der Waals surface area contributed by atoms with E-state index in [1.54, 1.807) is 24.4 Å². The van der Waals surface area contributed by atoms with Crippen molar-refractivity contribution >= 4 is 34.7 Å². The number of benzene rings is 1. The Kier molecular flexibility index (Phi) is 5.24. The fourth-order valence-corrected chi connectivity index (χ4v) is 4.98. The summed E-state index contributed by atoms with van der Waals surface area (Å²) in [4.78, 5) is 37.0. The summed E-state index contributed by atoms with van der Waals surface area (Å²) >= 11 is 0. The van der Waals surface area contributed by atoms with Crippen LogP contribution >= 0.6 is 0 Å². The first-order chi connectivity index (χ1) is 17.1. The van der Waals surface area contributed by atoms with E-state index in [-0.39, 0.29) is 17.9 Å². The number of nitrogens with zero attached hydrogens (tertiary/aromatic N) is 4. The van der Waals surface area contributed by atoms with Crippen molar-refractivity contribution in [3.63, 3.8) is 0 Å². The standard InChI is InChI=1S/C26H25N5O4/c1-34-22-12-23(27-14-20(22)16-4-6-18(7-5-16)30-10-2-3-24(30)32)29-17-11-21-26(28-13-17)35-15-19-8-9-25(33)31(19)21/h4-7,11-14,19H,2-3,8-10,15H2,1H3,(H,27,29)/t19-/m0/s1. The lowest BCUT2D eigenvalue weighted by molar-refractivity contribution is -0.118. The average molecular weight is 472 g/mol. The molecule has 178 valence electrons. The predicted molar refractivity (Wildman–Crippen MR) is 131 cm³/mol. The molecule has 9 nitrogen and oxygen atoms in total. The molecule has 0 spiro atoms. The number of methoxy groups -OCH3 is 1. The number of hydrogen-bond donors (Lipinski definition) is 1. The van der Waals surface area contributed by atoms with Gasteiger partial charge in [-0.1, -0.05) is 12.1 Å². The van der Waals surface area contributed by atoms with E-state index in [2.05, 4.69) is 15.3 Å². The number of hydrogen-bond acceptors (Lipinski definition) is 7. The third-order valence-corrected chi connectivity index (χ3v) is 6.75. The first-order valence-corrected chi connectivity index (χ1v) is 11.8. The smallest absolute Gasteiger partial charge is 0.238 e. The van der Waals surface area contributed by atoms with Crippen LogP contribution in [0.25, 0.3) is 11.1 Å². The van der Waals surface area contributed by atoms with Crippen molar-refractivity contribution in [1.82, 2.24) is 9.97 Å².